The molecule has 1 saturated heterocycles. The SMILES string of the molecule is Cc1ncc(-c2ccc(NC(=O)c3nnn(C4CCNCC4)c3C)cc2)o1.Cl. The molecule has 1 aromatic carbocycles. The molecule has 1 fully saturated rings. The zero-order chi connectivity index (χ0) is 18.8. The summed E-state index contributed by atoms with van der Waals surface area (Å²) in [6.45, 7) is 5.62. The van der Waals surface area contributed by atoms with Crippen molar-refractivity contribution in [2.75, 3.05) is 18.4 Å². The molecule has 2 N–H and O–H groups in total. The number of hydrogen-bond acceptors (Lipinski definition) is 6. The molecular formula is C19H23ClN6O2. The summed E-state index contributed by atoms with van der Waals surface area (Å²) in [5.74, 6) is 1.07. The van der Waals surface area contributed by atoms with Crippen molar-refractivity contribution in [3.8, 4) is 11.3 Å². The van der Waals surface area contributed by atoms with E-state index in [1.807, 2.05) is 35.9 Å². The number of rotatable bonds is 4. The van der Waals surface area contributed by atoms with Crippen LogP contribution in [-0.4, -0.2) is 39.0 Å². The van der Waals surface area contributed by atoms with Crippen molar-refractivity contribution in [1.82, 2.24) is 25.3 Å². The smallest absolute Gasteiger partial charge is 0.278 e. The fourth-order valence-corrected chi connectivity index (χ4v) is 3.35. The number of hydrogen-bond donors (Lipinski definition) is 2. The van der Waals surface area contributed by atoms with E-state index in [1.54, 1.807) is 13.1 Å². The zero-order valence-corrected chi connectivity index (χ0v) is 16.6. The Balaban J connectivity index is 0.00000225. The van der Waals surface area contributed by atoms with Crippen LogP contribution in [0.1, 0.15) is 41.0 Å². The largest absolute Gasteiger partial charge is 0.441 e. The van der Waals surface area contributed by atoms with Crippen molar-refractivity contribution in [3.63, 3.8) is 0 Å². The first kappa shape index (κ1) is 20.0. The lowest BCUT2D eigenvalue weighted by atomic mass is 10.1. The molecule has 0 radical (unpaired) electrons. The summed E-state index contributed by atoms with van der Waals surface area (Å²) in [5, 5.41) is 14.5. The quantitative estimate of drug-likeness (QED) is 0.695. The molecule has 28 heavy (non-hydrogen) atoms. The molecule has 0 bridgehead atoms. The van der Waals surface area contributed by atoms with Gasteiger partial charge in [-0.25, -0.2) is 9.67 Å². The minimum Gasteiger partial charge on any atom is -0.441 e. The maximum Gasteiger partial charge on any atom is 0.278 e. The number of oxazole rings is 1. The van der Waals surface area contributed by atoms with Gasteiger partial charge in [-0.15, -0.1) is 17.5 Å². The van der Waals surface area contributed by atoms with E-state index in [4.69, 9.17) is 4.42 Å². The third-order valence-corrected chi connectivity index (χ3v) is 4.85. The molecular weight excluding hydrogens is 380 g/mol. The standard InChI is InChI=1S/C19H22N6O2.ClH/c1-12-18(23-24-25(12)16-7-9-20-10-8-16)19(26)22-15-5-3-14(4-6-15)17-11-21-13(2)27-17;/h3-6,11,16,20H,7-10H2,1-2H3,(H,22,26);1H. The summed E-state index contributed by atoms with van der Waals surface area (Å²) in [7, 11) is 0. The number of aryl methyl sites for hydroxylation is 1. The van der Waals surface area contributed by atoms with E-state index in [0.717, 1.165) is 37.2 Å². The Morgan fingerprint density at radius 3 is 2.57 bits per heavy atom. The molecule has 2 aromatic heterocycles. The first-order valence-corrected chi connectivity index (χ1v) is 9.08. The van der Waals surface area contributed by atoms with Crippen molar-refractivity contribution in [2.24, 2.45) is 0 Å². The Morgan fingerprint density at radius 1 is 1.21 bits per heavy atom. The van der Waals surface area contributed by atoms with Crippen LogP contribution in [0.4, 0.5) is 5.69 Å². The highest BCUT2D eigenvalue weighted by atomic mass is 35.5. The predicted molar refractivity (Wildman–Crippen MR) is 108 cm³/mol. The van der Waals surface area contributed by atoms with Gasteiger partial charge in [-0.1, -0.05) is 5.21 Å². The molecule has 3 heterocycles. The number of aromatic nitrogens is 4. The van der Waals surface area contributed by atoms with Crippen molar-refractivity contribution < 1.29 is 9.21 Å². The van der Waals surface area contributed by atoms with Crippen LogP contribution in [0.3, 0.4) is 0 Å². The van der Waals surface area contributed by atoms with Crippen LogP contribution >= 0.6 is 12.4 Å². The Bertz CT molecular complexity index is 944. The molecule has 0 spiro atoms. The van der Waals surface area contributed by atoms with Gasteiger partial charge in [0.15, 0.2) is 17.3 Å². The summed E-state index contributed by atoms with van der Waals surface area (Å²) in [6.07, 6.45) is 3.67. The Morgan fingerprint density at radius 2 is 1.93 bits per heavy atom. The average Bonchev–Trinajstić information content (AvgIpc) is 3.29. The van der Waals surface area contributed by atoms with Gasteiger partial charge >= 0.3 is 0 Å². The van der Waals surface area contributed by atoms with Gasteiger partial charge in [-0.05, 0) is 57.1 Å². The second kappa shape index (κ2) is 8.53. The minimum atomic E-state index is -0.254. The monoisotopic (exact) mass is 402 g/mol. The van der Waals surface area contributed by atoms with E-state index in [-0.39, 0.29) is 18.3 Å². The van der Waals surface area contributed by atoms with Crippen LogP contribution in [0.25, 0.3) is 11.3 Å². The normalized spacial score (nSPS) is 14.5. The van der Waals surface area contributed by atoms with Gasteiger partial charge in [0.1, 0.15) is 0 Å². The summed E-state index contributed by atoms with van der Waals surface area (Å²) in [6, 6.07) is 7.72. The van der Waals surface area contributed by atoms with E-state index in [2.05, 4.69) is 25.9 Å². The Labute approximate surface area is 169 Å². The molecule has 0 saturated carbocycles. The lowest BCUT2D eigenvalue weighted by molar-refractivity contribution is 0.102. The number of carbonyl (C=O) groups is 1. The number of amides is 1. The maximum absolute atomic E-state index is 12.6. The third-order valence-electron chi connectivity index (χ3n) is 4.85. The summed E-state index contributed by atoms with van der Waals surface area (Å²) in [5.41, 5.74) is 2.76. The molecule has 0 unspecified atom stereocenters. The van der Waals surface area contributed by atoms with Crippen molar-refractivity contribution in [1.29, 1.82) is 0 Å². The van der Waals surface area contributed by atoms with E-state index >= 15 is 0 Å². The molecule has 3 aromatic rings. The minimum absolute atomic E-state index is 0. The summed E-state index contributed by atoms with van der Waals surface area (Å²) < 4.78 is 7.39. The first-order chi connectivity index (χ1) is 13.1. The summed E-state index contributed by atoms with van der Waals surface area (Å²) in [4.78, 5) is 16.7. The molecule has 1 amide bonds. The van der Waals surface area contributed by atoms with Crippen LogP contribution in [-0.2, 0) is 0 Å². The topological polar surface area (TPSA) is 97.9 Å². The van der Waals surface area contributed by atoms with Crippen LogP contribution < -0.4 is 10.6 Å². The average molecular weight is 403 g/mol. The Hall–Kier alpha value is -2.71. The van der Waals surface area contributed by atoms with Gasteiger partial charge < -0.3 is 15.1 Å². The number of benzene rings is 1. The Kier molecular flexibility index (Phi) is 6.11. The van der Waals surface area contributed by atoms with Gasteiger partial charge in [0.2, 0.25) is 0 Å². The van der Waals surface area contributed by atoms with Crippen molar-refractivity contribution in [2.45, 2.75) is 32.7 Å². The molecule has 148 valence electrons. The fraction of sp³-hybridized carbons (Fsp3) is 0.368. The highest BCUT2D eigenvalue weighted by molar-refractivity contribution is 6.03. The highest BCUT2D eigenvalue weighted by Crippen LogP contribution is 2.23. The lowest BCUT2D eigenvalue weighted by Crippen LogP contribution is -2.30. The van der Waals surface area contributed by atoms with Gasteiger partial charge in [0.25, 0.3) is 5.91 Å². The number of nitrogens with one attached hydrogen (secondary N) is 2. The van der Waals surface area contributed by atoms with Gasteiger partial charge in [-0.2, -0.15) is 0 Å². The molecule has 8 nitrogen and oxygen atoms in total. The number of carbonyl (C=O) groups excluding carboxylic acids is 1. The number of halogens is 1. The van der Waals surface area contributed by atoms with Crippen LogP contribution in [0.2, 0.25) is 0 Å². The van der Waals surface area contributed by atoms with E-state index in [0.29, 0.717) is 29.1 Å². The van der Waals surface area contributed by atoms with Crippen molar-refractivity contribution in [3.05, 3.63) is 47.7 Å². The van der Waals surface area contributed by atoms with E-state index in [9.17, 15) is 4.79 Å². The fourth-order valence-electron chi connectivity index (χ4n) is 3.35. The summed E-state index contributed by atoms with van der Waals surface area (Å²) >= 11 is 0. The molecule has 0 aliphatic carbocycles. The van der Waals surface area contributed by atoms with E-state index in [1.165, 1.54) is 0 Å². The van der Waals surface area contributed by atoms with Gasteiger partial charge in [-0.3, -0.25) is 4.79 Å². The van der Waals surface area contributed by atoms with Crippen LogP contribution in [0, 0.1) is 13.8 Å². The number of piperidine rings is 1. The van der Waals surface area contributed by atoms with Gasteiger partial charge in [0.05, 0.1) is 17.9 Å². The molecule has 9 heteroatoms. The number of nitrogens with zero attached hydrogens (tertiary/aromatic N) is 4. The van der Waals surface area contributed by atoms with E-state index < -0.39 is 0 Å². The molecule has 1 aliphatic rings. The van der Waals surface area contributed by atoms with Crippen LogP contribution in [0.5, 0.6) is 0 Å². The number of anilines is 1. The van der Waals surface area contributed by atoms with Crippen molar-refractivity contribution >= 4 is 24.0 Å². The second-order valence-corrected chi connectivity index (χ2v) is 6.72. The van der Waals surface area contributed by atoms with Crippen LogP contribution in [0.15, 0.2) is 34.9 Å². The third kappa shape index (κ3) is 4.07. The highest BCUT2D eigenvalue weighted by Gasteiger charge is 2.23. The maximum atomic E-state index is 12.6. The molecule has 4 rings (SSSR count). The predicted octanol–water partition coefficient (Wildman–Crippen LogP) is 3.15. The molecule has 1 aliphatic heterocycles. The lowest BCUT2D eigenvalue weighted by Gasteiger charge is -2.23. The molecule has 0 atom stereocenters. The zero-order valence-electron chi connectivity index (χ0n) is 15.8. The first-order valence-electron chi connectivity index (χ1n) is 9.08. The second-order valence-electron chi connectivity index (χ2n) is 6.72. The van der Waals surface area contributed by atoms with Gasteiger partial charge in [0, 0.05) is 18.2 Å².